The number of carbonyl (C=O) groups is 2. The molecule has 1 saturated carbocycles. The number of rotatable bonds is 3. The zero-order valence-electron chi connectivity index (χ0n) is 16.2. The summed E-state index contributed by atoms with van der Waals surface area (Å²) in [7, 11) is 1.90. The third-order valence-electron chi connectivity index (χ3n) is 5.91. The predicted molar refractivity (Wildman–Crippen MR) is 99.6 cm³/mol. The number of carbonyl (C=O) groups excluding carboxylic acids is 2. The molecule has 0 spiro atoms. The molecule has 2 aliphatic rings. The highest BCUT2D eigenvalue weighted by Crippen LogP contribution is 2.26. The molecule has 3 rings (SSSR count). The first-order chi connectivity index (χ1) is 12.5. The SMILES string of the molecule is Cc1c(C(C)NC(=O)N2CCN(C(=O)C3CCCCC3)CC2)cnn1C. The summed E-state index contributed by atoms with van der Waals surface area (Å²) >= 11 is 0. The highest BCUT2D eigenvalue weighted by molar-refractivity contribution is 5.80. The van der Waals surface area contributed by atoms with Crippen LogP contribution in [0.2, 0.25) is 0 Å². The summed E-state index contributed by atoms with van der Waals surface area (Å²) in [4.78, 5) is 29.0. The summed E-state index contributed by atoms with van der Waals surface area (Å²) in [6, 6.07) is -0.149. The lowest BCUT2D eigenvalue weighted by Crippen LogP contribution is -2.54. The molecule has 1 atom stereocenters. The Morgan fingerprint density at radius 3 is 2.31 bits per heavy atom. The Morgan fingerprint density at radius 2 is 1.73 bits per heavy atom. The van der Waals surface area contributed by atoms with Crippen LogP contribution in [-0.4, -0.2) is 57.7 Å². The van der Waals surface area contributed by atoms with Gasteiger partial charge in [0.1, 0.15) is 0 Å². The number of hydrogen-bond donors (Lipinski definition) is 1. The van der Waals surface area contributed by atoms with E-state index in [1.54, 1.807) is 6.20 Å². The molecular weight excluding hydrogens is 330 g/mol. The van der Waals surface area contributed by atoms with E-state index in [9.17, 15) is 9.59 Å². The van der Waals surface area contributed by atoms with E-state index >= 15 is 0 Å². The second-order valence-corrected chi connectivity index (χ2v) is 7.63. The first-order valence-electron chi connectivity index (χ1n) is 9.80. The number of nitrogens with one attached hydrogen (secondary N) is 1. The highest BCUT2D eigenvalue weighted by Gasteiger charge is 2.30. The zero-order chi connectivity index (χ0) is 18.7. The van der Waals surface area contributed by atoms with Crippen LogP contribution in [-0.2, 0) is 11.8 Å². The molecule has 7 heteroatoms. The minimum Gasteiger partial charge on any atom is -0.339 e. The lowest BCUT2D eigenvalue weighted by molar-refractivity contribution is -0.138. The maximum atomic E-state index is 12.6. The molecule has 0 radical (unpaired) electrons. The van der Waals surface area contributed by atoms with Gasteiger partial charge >= 0.3 is 6.03 Å². The monoisotopic (exact) mass is 361 g/mol. The molecule has 1 unspecified atom stereocenters. The van der Waals surface area contributed by atoms with Crippen molar-refractivity contribution in [3.63, 3.8) is 0 Å². The van der Waals surface area contributed by atoms with Crippen LogP contribution in [0, 0.1) is 12.8 Å². The van der Waals surface area contributed by atoms with Gasteiger partial charge in [0.05, 0.1) is 12.2 Å². The number of nitrogens with zero attached hydrogens (tertiary/aromatic N) is 4. The number of hydrogen-bond acceptors (Lipinski definition) is 3. The van der Waals surface area contributed by atoms with Crippen molar-refractivity contribution >= 4 is 11.9 Å². The van der Waals surface area contributed by atoms with Gasteiger partial charge in [0.15, 0.2) is 0 Å². The maximum absolute atomic E-state index is 12.6. The van der Waals surface area contributed by atoms with Gasteiger partial charge in [-0.1, -0.05) is 19.3 Å². The Kier molecular flexibility index (Phi) is 5.84. The molecule has 1 aromatic heterocycles. The van der Waals surface area contributed by atoms with E-state index in [0.29, 0.717) is 32.1 Å². The Hall–Kier alpha value is -2.05. The van der Waals surface area contributed by atoms with E-state index in [-0.39, 0.29) is 18.0 Å². The fraction of sp³-hybridized carbons (Fsp3) is 0.737. The molecule has 2 heterocycles. The van der Waals surface area contributed by atoms with Crippen LogP contribution >= 0.6 is 0 Å². The minimum absolute atomic E-state index is 0.0643. The fourth-order valence-electron chi connectivity index (χ4n) is 4.03. The Morgan fingerprint density at radius 1 is 1.12 bits per heavy atom. The molecule has 2 fully saturated rings. The van der Waals surface area contributed by atoms with E-state index in [0.717, 1.165) is 24.1 Å². The van der Waals surface area contributed by atoms with Gasteiger partial charge in [0, 0.05) is 50.4 Å². The standard InChI is InChI=1S/C19H31N5O2/c1-14(17-13-20-22(3)15(17)2)21-19(26)24-11-9-23(10-12-24)18(25)16-7-5-4-6-8-16/h13-14,16H,4-12H2,1-3H3,(H,21,26). The average molecular weight is 361 g/mol. The molecule has 7 nitrogen and oxygen atoms in total. The molecule has 1 saturated heterocycles. The van der Waals surface area contributed by atoms with Crippen molar-refractivity contribution in [3.8, 4) is 0 Å². The van der Waals surface area contributed by atoms with E-state index < -0.39 is 0 Å². The van der Waals surface area contributed by atoms with E-state index in [1.165, 1.54) is 19.3 Å². The van der Waals surface area contributed by atoms with Gasteiger partial charge in [-0.3, -0.25) is 9.48 Å². The normalized spacial score (nSPS) is 20.1. The summed E-state index contributed by atoms with van der Waals surface area (Å²) in [5.41, 5.74) is 2.09. The number of piperazine rings is 1. The van der Waals surface area contributed by atoms with Crippen molar-refractivity contribution in [3.05, 3.63) is 17.5 Å². The van der Waals surface area contributed by atoms with E-state index in [2.05, 4.69) is 10.4 Å². The van der Waals surface area contributed by atoms with Crippen LogP contribution in [0.5, 0.6) is 0 Å². The van der Waals surface area contributed by atoms with Gasteiger partial charge in [-0.25, -0.2) is 4.79 Å². The first kappa shape index (κ1) is 18.7. The quantitative estimate of drug-likeness (QED) is 0.897. The molecule has 1 aromatic rings. The molecule has 26 heavy (non-hydrogen) atoms. The van der Waals surface area contributed by atoms with Gasteiger partial charge in [-0.15, -0.1) is 0 Å². The smallest absolute Gasteiger partial charge is 0.317 e. The van der Waals surface area contributed by atoms with Crippen LogP contribution in [0.25, 0.3) is 0 Å². The molecule has 0 bridgehead atoms. The van der Waals surface area contributed by atoms with Crippen LogP contribution < -0.4 is 5.32 Å². The van der Waals surface area contributed by atoms with Gasteiger partial charge in [-0.2, -0.15) is 5.10 Å². The lowest BCUT2D eigenvalue weighted by atomic mass is 9.88. The van der Waals surface area contributed by atoms with Gasteiger partial charge < -0.3 is 15.1 Å². The fourth-order valence-corrected chi connectivity index (χ4v) is 4.03. The highest BCUT2D eigenvalue weighted by atomic mass is 16.2. The Bertz CT molecular complexity index is 642. The molecule has 0 aromatic carbocycles. The summed E-state index contributed by atoms with van der Waals surface area (Å²) in [5, 5.41) is 7.30. The Labute approximate surface area is 155 Å². The van der Waals surface area contributed by atoms with Crippen molar-refractivity contribution in [2.45, 2.75) is 52.0 Å². The number of aryl methyl sites for hydroxylation is 1. The lowest BCUT2D eigenvalue weighted by Gasteiger charge is -2.37. The Balaban J connectivity index is 1.48. The van der Waals surface area contributed by atoms with Crippen LogP contribution in [0.4, 0.5) is 4.79 Å². The molecule has 144 valence electrons. The molecule has 3 amide bonds. The van der Waals surface area contributed by atoms with E-state index in [1.807, 2.05) is 35.4 Å². The third-order valence-corrected chi connectivity index (χ3v) is 5.91. The van der Waals surface area contributed by atoms with Gasteiger partial charge in [0.25, 0.3) is 0 Å². The second-order valence-electron chi connectivity index (χ2n) is 7.63. The van der Waals surface area contributed by atoms with Crippen molar-refractivity contribution < 1.29 is 9.59 Å². The number of amides is 3. The number of urea groups is 1. The van der Waals surface area contributed by atoms with Gasteiger partial charge in [-0.05, 0) is 26.7 Å². The van der Waals surface area contributed by atoms with Crippen LogP contribution in [0.15, 0.2) is 6.20 Å². The van der Waals surface area contributed by atoms with Crippen molar-refractivity contribution in [2.75, 3.05) is 26.2 Å². The maximum Gasteiger partial charge on any atom is 0.317 e. The molecule has 1 aliphatic heterocycles. The largest absolute Gasteiger partial charge is 0.339 e. The predicted octanol–water partition coefficient (Wildman–Crippen LogP) is 2.22. The van der Waals surface area contributed by atoms with Crippen LogP contribution in [0.3, 0.4) is 0 Å². The molecule has 1 N–H and O–H groups in total. The summed E-state index contributed by atoms with van der Waals surface area (Å²) in [5.74, 6) is 0.502. The van der Waals surface area contributed by atoms with Crippen LogP contribution in [0.1, 0.15) is 56.3 Å². The van der Waals surface area contributed by atoms with Gasteiger partial charge in [0.2, 0.25) is 5.91 Å². The van der Waals surface area contributed by atoms with Crippen molar-refractivity contribution in [1.29, 1.82) is 0 Å². The summed E-state index contributed by atoms with van der Waals surface area (Å²) in [6.07, 6.45) is 7.46. The molecular formula is C19H31N5O2. The second kappa shape index (κ2) is 8.10. The molecule has 1 aliphatic carbocycles. The summed E-state index contributed by atoms with van der Waals surface area (Å²) < 4.78 is 1.81. The minimum atomic E-state index is -0.0851. The van der Waals surface area contributed by atoms with E-state index in [4.69, 9.17) is 0 Å². The zero-order valence-corrected chi connectivity index (χ0v) is 16.2. The average Bonchev–Trinajstić information content (AvgIpc) is 3.01. The number of aromatic nitrogens is 2. The van der Waals surface area contributed by atoms with Crippen molar-refractivity contribution in [1.82, 2.24) is 24.9 Å². The third kappa shape index (κ3) is 4.02. The van der Waals surface area contributed by atoms with Crippen molar-refractivity contribution in [2.24, 2.45) is 13.0 Å². The topological polar surface area (TPSA) is 70.5 Å². The summed E-state index contributed by atoms with van der Waals surface area (Å²) in [6.45, 7) is 6.46. The first-order valence-corrected chi connectivity index (χ1v) is 9.80.